The maximum atomic E-state index is 13.0. The maximum Gasteiger partial charge on any atom is 0.360 e. The summed E-state index contributed by atoms with van der Waals surface area (Å²) in [6, 6.07) is 14.6. The van der Waals surface area contributed by atoms with Crippen LogP contribution >= 0.6 is 11.8 Å². The van der Waals surface area contributed by atoms with Gasteiger partial charge in [0.25, 0.3) is 11.8 Å². The number of nitrogens with one attached hydrogen (secondary N) is 1. The summed E-state index contributed by atoms with van der Waals surface area (Å²) in [5.41, 5.74) is 0.197. The van der Waals surface area contributed by atoms with Gasteiger partial charge in [0.05, 0.1) is 7.11 Å². The predicted molar refractivity (Wildman–Crippen MR) is 124 cm³/mol. The number of benzene rings is 2. The highest BCUT2D eigenvalue weighted by atomic mass is 32.2. The van der Waals surface area contributed by atoms with Crippen molar-refractivity contribution >= 4 is 29.5 Å². The zero-order valence-corrected chi connectivity index (χ0v) is 19.7. The van der Waals surface area contributed by atoms with E-state index in [0.29, 0.717) is 22.8 Å². The van der Waals surface area contributed by atoms with E-state index in [0.717, 1.165) is 0 Å². The van der Waals surface area contributed by atoms with Gasteiger partial charge in [-0.05, 0) is 48.9 Å². The largest absolute Gasteiger partial charge is 0.497 e. The average molecular weight is 485 g/mol. The molecule has 2 aromatic carbocycles. The van der Waals surface area contributed by atoms with Crippen molar-refractivity contribution in [3.63, 3.8) is 0 Å². The minimum Gasteiger partial charge on any atom is -0.497 e. The zero-order chi connectivity index (χ0) is 24.2. The predicted octanol–water partition coefficient (Wildman–Crippen LogP) is 2.33. The lowest BCUT2D eigenvalue weighted by atomic mass is 10.0. The molecule has 2 amide bonds. The quantitative estimate of drug-likeness (QED) is 0.346. The van der Waals surface area contributed by atoms with Crippen molar-refractivity contribution in [1.82, 2.24) is 10.2 Å². The molecule has 0 aliphatic carbocycles. The van der Waals surface area contributed by atoms with Gasteiger partial charge in [0, 0.05) is 7.11 Å². The molecule has 1 fully saturated rings. The first-order valence-electron chi connectivity index (χ1n) is 10.5. The van der Waals surface area contributed by atoms with Crippen molar-refractivity contribution in [3.05, 3.63) is 65.9 Å². The molecular weight excluding hydrogens is 460 g/mol. The molecule has 0 saturated carbocycles. The van der Waals surface area contributed by atoms with Crippen LogP contribution in [0.2, 0.25) is 0 Å². The Labute approximate surface area is 201 Å². The Balaban J connectivity index is 1.45. The number of esters is 1. The minimum atomic E-state index is -0.814. The van der Waals surface area contributed by atoms with Crippen molar-refractivity contribution < 1.29 is 33.3 Å². The van der Waals surface area contributed by atoms with Gasteiger partial charge in [-0.1, -0.05) is 30.0 Å². The number of hydrogen-bond acceptors (Lipinski definition) is 8. The fourth-order valence-corrected chi connectivity index (χ4v) is 5.03. The number of amides is 2. The summed E-state index contributed by atoms with van der Waals surface area (Å²) in [5, 5.41) is 2.18. The number of rotatable bonds is 8. The van der Waals surface area contributed by atoms with Gasteiger partial charge in [-0.25, -0.2) is 4.79 Å². The normalized spacial score (nSPS) is 21.3. The summed E-state index contributed by atoms with van der Waals surface area (Å²) in [6.07, 6.45) is 0. The van der Waals surface area contributed by atoms with Gasteiger partial charge >= 0.3 is 5.97 Å². The van der Waals surface area contributed by atoms with Gasteiger partial charge in [0.1, 0.15) is 39.8 Å². The third-order valence-corrected chi connectivity index (χ3v) is 6.94. The van der Waals surface area contributed by atoms with Crippen LogP contribution < -0.4 is 19.5 Å². The summed E-state index contributed by atoms with van der Waals surface area (Å²) in [5.74, 6) is -0.0400. The third-order valence-electron chi connectivity index (χ3n) is 5.38. The van der Waals surface area contributed by atoms with E-state index in [9.17, 15) is 14.4 Å². The van der Waals surface area contributed by atoms with E-state index in [-0.39, 0.29) is 12.3 Å². The molecule has 0 bridgehead atoms. The molecule has 178 valence electrons. The topological polar surface area (TPSA) is 103 Å². The van der Waals surface area contributed by atoms with E-state index in [1.165, 1.54) is 23.8 Å². The molecule has 0 radical (unpaired) electrons. The van der Waals surface area contributed by atoms with Crippen LogP contribution in [0.4, 0.5) is 0 Å². The fourth-order valence-electron chi connectivity index (χ4n) is 3.68. The first kappa shape index (κ1) is 23.7. The van der Waals surface area contributed by atoms with Crippen LogP contribution in [0.5, 0.6) is 17.2 Å². The molecule has 2 aliphatic heterocycles. The highest BCUT2D eigenvalue weighted by Crippen LogP contribution is 2.44. The summed E-state index contributed by atoms with van der Waals surface area (Å²) >= 11 is 1.34. The molecule has 0 unspecified atom stereocenters. The second kappa shape index (κ2) is 10.2. The summed E-state index contributed by atoms with van der Waals surface area (Å²) in [4.78, 5) is 39.7. The zero-order valence-electron chi connectivity index (χ0n) is 18.8. The number of ether oxygens (including phenoxy) is 4. The number of para-hydroxylation sites is 1. The number of hydrogen-bond donors (Lipinski definition) is 1. The summed E-state index contributed by atoms with van der Waals surface area (Å²) in [7, 11) is 3.06. The molecule has 34 heavy (non-hydrogen) atoms. The Kier molecular flexibility index (Phi) is 7.09. The van der Waals surface area contributed by atoms with Crippen LogP contribution in [0.1, 0.15) is 6.92 Å². The lowest BCUT2D eigenvalue weighted by Gasteiger charge is -2.50. The SMILES string of the molecule is COc1ccc(OC(=O)C2=C(C)[C@@H](OC)S[C@@H]3[C@@H](NC(=O)COc4ccccc4)C(=O)N23)cc1. The van der Waals surface area contributed by atoms with Crippen molar-refractivity contribution in [2.75, 3.05) is 20.8 Å². The molecule has 4 rings (SSSR count). The number of carbonyl (C=O) groups excluding carboxylic acids is 3. The van der Waals surface area contributed by atoms with E-state index < -0.39 is 34.6 Å². The van der Waals surface area contributed by atoms with E-state index >= 15 is 0 Å². The molecule has 9 nitrogen and oxygen atoms in total. The van der Waals surface area contributed by atoms with Crippen LogP contribution in [0.15, 0.2) is 65.9 Å². The van der Waals surface area contributed by atoms with Gasteiger partial charge in [-0.15, -0.1) is 0 Å². The smallest absolute Gasteiger partial charge is 0.360 e. The number of carbonyl (C=O) groups is 3. The Bertz CT molecular complexity index is 1100. The molecule has 3 atom stereocenters. The fraction of sp³-hybridized carbons (Fsp3) is 0.292. The molecule has 10 heteroatoms. The second-order valence-electron chi connectivity index (χ2n) is 7.55. The Morgan fingerprint density at radius 1 is 1.00 bits per heavy atom. The van der Waals surface area contributed by atoms with Crippen LogP contribution in [0.3, 0.4) is 0 Å². The molecule has 2 aromatic rings. The molecule has 1 N–H and O–H groups in total. The van der Waals surface area contributed by atoms with Crippen molar-refractivity contribution in [2.24, 2.45) is 0 Å². The van der Waals surface area contributed by atoms with Gasteiger partial charge in [0.2, 0.25) is 0 Å². The maximum absolute atomic E-state index is 13.0. The number of fused-ring (bicyclic) bond motifs is 1. The Morgan fingerprint density at radius 3 is 2.32 bits per heavy atom. The standard InChI is InChI=1S/C24H24N2O7S/c1-14-20(23(29)33-17-11-9-15(30-2)10-12-17)26-21(28)19(22(26)34-24(14)31-3)25-18(27)13-32-16-7-5-4-6-8-16/h4-12,19,22,24H,13H2,1-3H3,(H,25,27)/t19-,22+,24-/m0/s1. The van der Waals surface area contributed by atoms with Crippen LogP contribution in [0, 0.1) is 0 Å². The lowest BCUT2D eigenvalue weighted by Crippen LogP contribution is -2.71. The summed E-state index contributed by atoms with van der Waals surface area (Å²) < 4.78 is 21.6. The van der Waals surface area contributed by atoms with Crippen molar-refractivity contribution in [1.29, 1.82) is 0 Å². The molecule has 1 saturated heterocycles. The number of thioether (sulfide) groups is 1. The van der Waals surface area contributed by atoms with Crippen molar-refractivity contribution in [2.45, 2.75) is 23.8 Å². The van der Waals surface area contributed by atoms with Gasteiger partial charge in [-0.3, -0.25) is 14.5 Å². The van der Waals surface area contributed by atoms with E-state index in [1.54, 1.807) is 62.6 Å². The summed E-state index contributed by atoms with van der Waals surface area (Å²) in [6.45, 7) is 1.48. The minimum absolute atomic E-state index is 0.113. The van der Waals surface area contributed by atoms with Gasteiger partial charge in [0.15, 0.2) is 6.61 Å². The monoisotopic (exact) mass is 484 g/mol. The molecule has 2 aliphatic rings. The van der Waals surface area contributed by atoms with Gasteiger partial charge in [-0.2, -0.15) is 0 Å². The Hall–Kier alpha value is -3.50. The van der Waals surface area contributed by atoms with Crippen LogP contribution in [-0.2, 0) is 19.1 Å². The third kappa shape index (κ3) is 4.73. The molecule has 0 spiro atoms. The Morgan fingerprint density at radius 2 is 1.68 bits per heavy atom. The second-order valence-corrected chi connectivity index (χ2v) is 8.73. The van der Waals surface area contributed by atoms with Crippen LogP contribution in [0.25, 0.3) is 0 Å². The molecule has 2 heterocycles. The van der Waals surface area contributed by atoms with E-state index in [4.69, 9.17) is 18.9 Å². The first-order valence-corrected chi connectivity index (χ1v) is 11.4. The average Bonchev–Trinajstić information content (AvgIpc) is 2.86. The first-order chi connectivity index (χ1) is 16.4. The number of β-lactam (4-membered cyclic amide) rings is 1. The highest BCUT2D eigenvalue weighted by Gasteiger charge is 2.56. The van der Waals surface area contributed by atoms with Gasteiger partial charge < -0.3 is 24.3 Å². The van der Waals surface area contributed by atoms with E-state index in [1.807, 2.05) is 6.07 Å². The van der Waals surface area contributed by atoms with E-state index in [2.05, 4.69) is 5.32 Å². The van der Waals surface area contributed by atoms with Crippen LogP contribution in [-0.4, -0.2) is 60.4 Å². The number of methoxy groups -OCH3 is 2. The van der Waals surface area contributed by atoms with Crippen molar-refractivity contribution in [3.8, 4) is 17.2 Å². The molecule has 0 aromatic heterocycles. The lowest BCUT2D eigenvalue weighted by molar-refractivity contribution is -0.150. The molecular formula is C24H24N2O7S. The highest BCUT2D eigenvalue weighted by molar-refractivity contribution is 8.00. The number of nitrogens with zero attached hydrogens (tertiary/aromatic N) is 1.